The highest BCUT2D eigenvalue weighted by Gasteiger charge is 2.01. The summed E-state index contributed by atoms with van der Waals surface area (Å²) in [5.41, 5.74) is 3.53. The molecule has 0 radical (unpaired) electrons. The number of ether oxygens (including phenoxy) is 1. The highest BCUT2D eigenvalue weighted by molar-refractivity contribution is 6.32. The van der Waals surface area contributed by atoms with Crippen LogP contribution < -0.4 is 4.74 Å². The zero-order valence-electron chi connectivity index (χ0n) is 10.0. The van der Waals surface area contributed by atoms with E-state index in [-0.39, 0.29) is 0 Å². The molecular formula is C15H15ClO. The Bertz CT molecular complexity index is 503. The molecule has 0 atom stereocenters. The topological polar surface area (TPSA) is 9.23 Å². The van der Waals surface area contributed by atoms with E-state index in [0.717, 1.165) is 16.9 Å². The number of halogens is 1. The summed E-state index contributed by atoms with van der Waals surface area (Å²) in [6.07, 6.45) is 0. The van der Waals surface area contributed by atoms with Crippen LogP contribution in [0.25, 0.3) is 0 Å². The fourth-order valence-corrected chi connectivity index (χ4v) is 1.86. The summed E-state index contributed by atoms with van der Waals surface area (Å²) < 4.78 is 5.69. The van der Waals surface area contributed by atoms with Gasteiger partial charge in [-0.2, -0.15) is 0 Å². The minimum Gasteiger partial charge on any atom is -0.487 e. The molecule has 0 bridgehead atoms. The molecule has 0 unspecified atom stereocenters. The van der Waals surface area contributed by atoms with Gasteiger partial charge < -0.3 is 4.74 Å². The molecule has 0 aliphatic carbocycles. The molecule has 0 spiro atoms. The van der Waals surface area contributed by atoms with Crippen molar-refractivity contribution in [2.75, 3.05) is 0 Å². The fraction of sp³-hybridized carbons (Fsp3) is 0.200. The Morgan fingerprint density at radius 3 is 2.24 bits per heavy atom. The van der Waals surface area contributed by atoms with Crippen LogP contribution in [0, 0.1) is 13.8 Å². The Hall–Kier alpha value is -1.47. The van der Waals surface area contributed by atoms with E-state index in [2.05, 4.69) is 31.2 Å². The normalized spacial score (nSPS) is 10.3. The summed E-state index contributed by atoms with van der Waals surface area (Å²) in [6, 6.07) is 14.1. The fourth-order valence-electron chi connectivity index (χ4n) is 1.57. The summed E-state index contributed by atoms with van der Waals surface area (Å²) in [7, 11) is 0. The van der Waals surface area contributed by atoms with E-state index < -0.39 is 0 Å². The molecule has 0 aliphatic heterocycles. The first-order valence-electron chi connectivity index (χ1n) is 5.59. The quantitative estimate of drug-likeness (QED) is 0.773. The molecule has 2 aromatic rings. The van der Waals surface area contributed by atoms with Crippen LogP contribution in [-0.4, -0.2) is 0 Å². The number of hydrogen-bond acceptors (Lipinski definition) is 1. The predicted molar refractivity (Wildman–Crippen MR) is 71.7 cm³/mol. The predicted octanol–water partition coefficient (Wildman–Crippen LogP) is 4.54. The van der Waals surface area contributed by atoms with Crippen molar-refractivity contribution >= 4 is 11.6 Å². The maximum atomic E-state index is 6.10. The minimum absolute atomic E-state index is 0.545. The Morgan fingerprint density at radius 2 is 1.59 bits per heavy atom. The van der Waals surface area contributed by atoms with Crippen molar-refractivity contribution in [2.45, 2.75) is 20.5 Å². The van der Waals surface area contributed by atoms with Gasteiger partial charge in [0.1, 0.15) is 12.4 Å². The Kier molecular flexibility index (Phi) is 3.70. The molecule has 2 rings (SSSR count). The van der Waals surface area contributed by atoms with Gasteiger partial charge in [-0.05, 0) is 37.1 Å². The van der Waals surface area contributed by atoms with Gasteiger partial charge in [0, 0.05) is 0 Å². The summed E-state index contributed by atoms with van der Waals surface area (Å²) in [6.45, 7) is 4.63. The van der Waals surface area contributed by atoms with E-state index in [0.29, 0.717) is 11.6 Å². The smallest absolute Gasteiger partial charge is 0.138 e. The minimum atomic E-state index is 0.545. The van der Waals surface area contributed by atoms with Crippen LogP contribution in [0.5, 0.6) is 5.75 Å². The monoisotopic (exact) mass is 246 g/mol. The van der Waals surface area contributed by atoms with Crippen LogP contribution in [0.2, 0.25) is 5.02 Å². The van der Waals surface area contributed by atoms with E-state index in [1.165, 1.54) is 5.56 Å². The van der Waals surface area contributed by atoms with Crippen molar-refractivity contribution in [3.8, 4) is 5.75 Å². The van der Waals surface area contributed by atoms with Crippen LogP contribution in [0.1, 0.15) is 16.7 Å². The van der Waals surface area contributed by atoms with Crippen molar-refractivity contribution in [1.29, 1.82) is 0 Å². The largest absolute Gasteiger partial charge is 0.487 e. The van der Waals surface area contributed by atoms with E-state index in [1.807, 2.05) is 25.1 Å². The highest BCUT2D eigenvalue weighted by atomic mass is 35.5. The van der Waals surface area contributed by atoms with Gasteiger partial charge in [-0.15, -0.1) is 0 Å². The number of rotatable bonds is 3. The van der Waals surface area contributed by atoms with Crippen molar-refractivity contribution in [1.82, 2.24) is 0 Å². The number of benzene rings is 2. The van der Waals surface area contributed by atoms with Crippen molar-refractivity contribution in [2.24, 2.45) is 0 Å². The van der Waals surface area contributed by atoms with Gasteiger partial charge in [-0.3, -0.25) is 0 Å². The summed E-state index contributed by atoms with van der Waals surface area (Å²) >= 11 is 6.10. The molecule has 2 heteroatoms. The van der Waals surface area contributed by atoms with E-state index >= 15 is 0 Å². The molecular weight excluding hydrogens is 232 g/mol. The molecule has 0 amide bonds. The molecule has 1 nitrogen and oxygen atoms in total. The molecule has 0 aliphatic rings. The van der Waals surface area contributed by atoms with Crippen LogP contribution in [0.3, 0.4) is 0 Å². The van der Waals surface area contributed by atoms with E-state index in [1.54, 1.807) is 0 Å². The lowest BCUT2D eigenvalue weighted by atomic mass is 10.2. The lowest BCUT2D eigenvalue weighted by molar-refractivity contribution is 0.306. The standard InChI is InChI=1S/C15H15ClO/c1-11-3-6-13(7-4-11)10-17-15-8-5-12(2)9-14(15)16/h3-9H,10H2,1-2H3. The summed E-state index contributed by atoms with van der Waals surface area (Å²) in [5.74, 6) is 0.734. The van der Waals surface area contributed by atoms with E-state index in [4.69, 9.17) is 16.3 Å². The third-order valence-corrected chi connectivity index (χ3v) is 2.90. The van der Waals surface area contributed by atoms with Gasteiger partial charge in [0.25, 0.3) is 0 Å². The van der Waals surface area contributed by atoms with Gasteiger partial charge in [-0.1, -0.05) is 47.5 Å². The van der Waals surface area contributed by atoms with Crippen molar-refractivity contribution in [3.63, 3.8) is 0 Å². The van der Waals surface area contributed by atoms with Gasteiger partial charge in [0.15, 0.2) is 0 Å². The third kappa shape index (κ3) is 3.24. The molecule has 0 saturated carbocycles. The molecule has 0 aromatic heterocycles. The second-order valence-corrected chi connectivity index (χ2v) is 4.62. The first kappa shape index (κ1) is 12.0. The molecule has 0 saturated heterocycles. The van der Waals surface area contributed by atoms with Crippen LogP contribution in [-0.2, 0) is 6.61 Å². The number of aryl methyl sites for hydroxylation is 2. The Labute approximate surface area is 107 Å². The van der Waals surface area contributed by atoms with Gasteiger partial charge in [-0.25, -0.2) is 0 Å². The zero-order chi connectivity index (χ0) is 12.3. The molecule has 0 N–H and O–H groups in total. The second-order valence-electron chi connectivity index (χ2n) is 4.21. The summed E-state index contributed by atoms with van der Waals surface area (Å²) in [4.78, 5) is 0. The molecule has 0 fully saturated rings. The molecule has 0 heterocycles. The van der Waals surface area contributed by atoms with Crippen LogP contribution in [0.15, 0.2) is 42.5 Å². The number of hydrogen-bond donors (Lipinski definition) is 0. The van der Waals surface area contributed by atoms with Gasteiger partial charge in [0.05, 0.1) is 5.02 Å². The molecule has 2 aromatic carbocycles. The Balaban J connectivity index is 2.04. The van der Waals surface area contributed by atoms with Gasteiger partial charge >= 0.3 is 0 Å². The lowest BCUT2D eigenvalue weighted by Gasteiger charge is -2.08. The zero-order valence-corrected chi connectivity index (χ0v) is 10.8. The summed E-state index contributed by atoms with van der Waals surface area (Å²) in [5, 5.41) is 0.664. The maximum Gasteiger partial charge on any atom is 0.138 e. The van der Waals surface area contributed by atoms with Crippen molar-refractivity contribution < 1.29 is 4.74 Å². The van der Waals surface area contributed by atoms with Crippen molar-refractivity contribution in [3.05, 3.63) is 64.2 Å². The average molecular weight is 247 g/mol. The van der Waals surface area contributed by atoms with Gasteiger partial charge in [0.2, 0.25) is 0 Å². The lowest BCUT2D eigenvalue weighted by Crippen LogP contribution is -1.96. The highest BCUT2D eigenvalue weighted by Crippen LogP contribution is 2.25. The molecule has 17 heavy (non-hydrogen) atoms. The van der Waals surface area contributed by atoms with E-state index in [9.17, 15) is 0 Å². The SMILES string of the molecule is Cc1ccc(COc2ccc(C)cc2Cl)cc1. The Morgan fingerprint density at radius 1 is 0.941 bits per heavy atom. The third-order valence-electron chi connectivity index (χ3n) is 2.60. The first-order chi connectivity index (χ1) is 8.15. The maximum absolute atomic E-state index is 6.10. The van der Waals surface area contributed by atoms with Crippen LogP contribution >= 0.6 is 11.6 Å². The average Bonchev–Trinajstić information content (AvgIpc) is 2.30. The molecule has 88 valence electrons. The first-order valence-corrected chi connectivity index (χ1v) is 5.97. The van der Waals surface area contributed by atoms with Crippen LogP contribution in [0.4, 0.5) is 0 Å². The second kappa shape index (κ2) is 5.24.